The molecule has 1 rings (SSSR count). The van der Waals surface area contributed by atoms with Gasteiger partial charge in [-0.1, -0.05) is 27.2 Å². The number of ketones is 2. The molecule has 0 amide bonds. The second-order valence-corrected chi connectivity index (χ2v) is 5.79. The molecule has 0 N–H and O–H groups in total. The Balaban J connectivity index is 2.64. The van der Waals surface area contributed by atoms with E-state index in [-0.39, 0.29) is 23.0 Å². The Hall–Kier alpha value is -0.660. The highest BCUT2D eigenvalue weighted by Gasteiger charge is 2.34. The fraction of sp³-hybridized carbons (Fsp3) is 0.846. The lowest BCUT2D eigenvalue weighted by atomic mass is 9.72. The van der Waals surface area contributed by atoms with Gasteiger partial charge in [0.1, 0.15) is 11.6 Å². The van der Waals surface area contributed by atoms with E-state index >= 15 is 0 Å². The summed E-state index contributed by atoms with van der Waals surface area (Å²) in [7, 11) is 0. The van der Waals surface area contributed by atoms with Crippen LogP contribution in [0.3, 0.4) is 0 Å². The zero-order valence-corrected chi connectivity index (χ0v) is 10.3. The molecule has 1 saturated carbocycles. The van der Waals surface area contributed by atoms with Gasteiger partial charge in [-0.15, -0.1) is 0 Å². The van der Waals surface area contributed by atoms with E-state index < -0.39 is 0 Å². The number of hydrogen-bond acceptors (Lipinski definition) is 2. The van der Waals surface area contributed by atoms with Gasteiger partial charge in [-0.3, -0.25) is 9.59 Å². The average molecular weight is 210 g/mol. The Bertz CT molecular complexity index is 260. The minimum absolute atomic E-state index is 0.118. The summed E-state index contributed by atoms with van der Waals surface area (Å²) in [6.07, 6.45) is 3.76. The Morgan fingerprint density at radius 1 is 1.07 bits per heavy atom. The lowest BCUT2D eigenvalue weighted by molar-refractivity contribution is -0.133. The standard InChI is InChI=1S/C13H22O2/c1-9(14)10-6-5-7-11(8-10)12(15)13(2,3)4/h10-11H,5-8H2,1-4H3/t10-,11-/m1/s1. The van der Waals surface area contributed by atoms with Crippen molar-refractivity contribution in [1.29, 1.82) is 0 Å². The molecule has 0 aromatic carbocycles. The molecule has 1 aliphatic carbocycles. The molecular weight excluding hydrogens is 188 g/mol. The fourth-order valence-corrected chi connectivity index (χ4v) is 2.41. The van der Waals surface area contributed by atoms with Crippen LogP contribution < -0.4 is 0 Å². The zero-order chi connectivity index (χ0) is 11.6. The minimum atomic E-state index is -0.261. The van der Waals surface area contributed by atoms with Gasteiger partial charge in [0.15, 0.2) is 0 Å². The van der Waals surface area contributed by atoms with Gasteiger partial charge in [0.05, 0.1) is 0 Å². The van der Waals surface area contributed by atoms with Crippen molar-refractivity contribution in [3.63, 3.8) is 0 Å². The number of carbonyl (C=O) groups is 2. The summed E-state index contributed by atoms with van der Waals surface area (Å²) in [4.78, 5) is 23.4. The van der Waals surface area contributed by atoms with Gasteiger partial charge in [0, 0.05) is 17.3 Å². The quantitative estimate of drug-likeness (QED) is 0.702. The van der Waals surface area contributed by atoms with Crippen LogP contribution in [-0.4, -0.2) is 11.6 Å². The van der Waals surface area contributed by atoms with Gasteiger partial charge >= 0.3 is 0 Å². The second kappa shape index (κ2) is 4.46. The van der Waals surface area contributed by atoms with Gasteiger partial charge < -0.3 is 0 Å². The highest BCUT2D eigenvalue weighted by atomic mass is 16.1. The van der Waals surface area contributed by atoms with E-state index in [0.29, 0.717) is 5.78 Å². The van der Waals surface area contributed by atoms with Crippen molar-refractivity contribution in [2.45, 2.75) is 53.4 Å². The van der Waals surface area contributed by atoms with Crippen LogP contribution in [0, 0.1) is 17.3 Å². The molecule has 2 heteroatoms. The fourth-order valence-electron chi connectivity index (χ4n) is 2.41. The molecule has 0 aliphatic heterocycles. The first-order valence-corrected chi connectivity index (χ1v) is 5.87. The summed E-state index contributed by atoms with van der Waals surface area (Å²) in [6.45, 7) is 7.54. The molecule has 1 fully saturated rings. The largest absolute Gasteiger partial charge is 0.300 e. The molecule has 86 valence electrons. The van der Waals surface area contributed by atoms with Crippen molar-refractivity contribution in [3.8, 4) is 0 Å². The second-order valence-electron chi connectivity index (χ2n) is 5.79. The van der Waals surface area contributed by atoms with Gasteiger partial charge in [0.25, 0.3) is 0 Å². The predicted molar refractivity (Wildman–Crippen MR) is 60.6 cm³/mol. The van der Waals surface area contributed by atoms with Crippen molar-refractivity contribution >= 4 is 11.6 Å². The highest BCUT2D eigenvalue weighted by Crippen LogP contribution is 2.34. The Kier molecular flexibility index (Phi) is 3.69. The highest BCUT2D eigenvalue weighted by molar-refractivity contribution is 5.87. The molecule has 0 bridgehead atoms. The van der Waals surface area contributed by atoms with E-state index in [9.17, 15) is 9.59 Å². The third-order valence-corrected chi connectivity index (χ3v) is 3.36. The molecule has 0 aromatic heterocycles. The smallest absolute Gasteiger partial charge is 0.141 e. The van der Waals surface area contributed by atoms with Crippen molar-refractivity contribution in [1.82, 2.24) is 0 Å². The van der Waals surface area contributed by atoms with Crippen LogP contribution in [0.4, 0.5) is 0 Å². The summed E-state index contributed by atoms with van der Waals surface area (Å²) < 4.78 is 0. The maximum Gasteiger partial charge on any atom is 0.141 e. The van der Waals surface area contributed by atoms with Crippen molar-refractivity contribution in [2.24, 2.45) is 17.3 Å². The zero-order valence-electron chi connectivity index (χ0n) is 10.3. The van der Waals surface area contributed by atoms with Crippen molar-refractivity contribution < 1.29 is 9.59 Å². The molecule has 1 aliphatic rings. The Morgan fingerprint density at radius 2 is 1.60 bits per heavy atom. The van der Waals surface area contributed by atoms with E-state index in [1.807, 2.05) is 20.8 Å². The van der Waals surface area contributed by atoms with Crippen LogP contribution in [-0.2, 0) is 9.59 Å². The van der Waals surface area contributed by atoms with Crippen LogP contribution in [0.15, 0.2) is 0 Å². The number of Topliss-reactive ketones (excluding diaryl/α,β-unsaturated/α-hetero) is 2. The van der Waals surface area contributed by atoms with Crippen molar-refractivity contribution in [2.75, 3.05) is 0 Å². The van der Waals surface area contributed by atoms with Crippen LogP contribution >= 0.6 is 0 Å². The normalized spacial score (nSPS) is 27.5. The molecule has 2 atom stereocenters. The number of carbonyl (C=O) groups excluding carboxylic acids is 2. The summed E-state index contributed by atoms with van der Waals surface area (Å²) in [6, 6.07) is 0. The molecule has 0 aromatic rings. The monoisotopic (exact) mass is 210 g/mol. The third kappa shape index (κ3) is 3.15. The molecule has 2 nitrogen and oxygen atoms in total. The van der Waals surface area contributed by atoms with Gasteiger partial charge in [-0.05, 0) is 26.2 Å². The lowest BCUT2D eigenvalue weighted by Gasteiger charge is -2.31. The summed E-state index contributed by atoms with van der Waals surface area (Å²) in [5.41, 5.74) is -0.261. The first-order valence-electron chi connectivity index (χ1n) is 5.87. The topological polar surface area (TPSA) is 34.1 Å². The lowest BCUT2D eigenvalue weighted by Crippen LogP contribution is -2.33. The SMILES string of the molecule is CC(=O)[C@@H]1CCC[C@@H](C(=O)C(C)(C)C)C1. The Morgan fingerprint density at radius 3 is 2.07 bits per heavy atom. The summed E-state index contributed by atoms with van der Waals surface area (Å²) >= 11 is 0. The summed E-state index contributed by atoms with van der Waals surface area (Å²) in [5.74, 6) is 0.831. The Labute approximate surface area is 92.4 Å². The van der Waals surface area contributed by atoms with Gasteiger partial charge in [-0.2, -0.15) is 0 Å². The number of rotatable bonds is 2. The summed E-state index contributed by atoms with van der Waals surface area (Å²) in [5, 5.41) is 0. The van der Waals surface area contributed by atoms with E-state index in [0.717, 1.165) is 25.7 Å². The maximum atomic E-state index is 12.1. The minimum Gasteiger partial charge on any atom is -0.300 e. The third-order valence-electron chi connectivity index (χ3n) is 3.36. The van der Waals surface area contributed by atoms with Crippen LogP contribution in [0.5, 0.6) is 0 Å². The molecule has 0 heterocycles. The maximum absolute atomic E-state index is 12.1. The number of hydrogen-bond donors (Lipinski definition) is 0. The van der Waals surface area contributed by atoms with Crippen molar-refractivity contribution in [3.05, 3.63) is 0 Å². The predicted octanol–water partition coefficient (Wildman–Crippen LogP) is 3.00. The van der Waals surface area contributed by atoms with E-state index in [1.54, 1.807) is 6.92 Å². The molecule has 0 saturated heterocycles. The van der Waals surface area contributed by atoms with E-state index in [2.05, 4.69) is 0 Å². The first-order chi connectivity index (χ1) is 6.82. The van der Waals surface area contributed by atoms with E-state index in [1.165, 1.54) is 0 Å². The van der Waals surface area contributed by atoms with Crippen LogP contribution in [0.1, 0.15) is 53.4 Å². The molecule has 15 heavy (non-hydrogen) atoms. The average Bonchev–Trinajstić information content (AvgIpc) is 2.15. The van der Waals surface area contributed by atoms with Crippen LogP contribution in [0.25, 0.3) is 0 Å². The molecule has 0 unspecified atom stereocenters. The van der Waals surface area contributed by atoms with Crippen LogP contribution in [0.2, 0.25) is 0 Å². The molecular formula is C13H22O2. The molecule has 0 radical (unpaired) electrons. The van der Waals surface area contributed by atoms with Gasteiger partial charge in [-0.25, -0.2) is 0 Å². The van der Waals surface area contributed by atoms with E-state index in [4.69, 9.17) is 0 Å². The first kappa shape index (κ1) is 12.4. The molecule has 0 spiro atoms. The van der Waals surface area contributed by atoms with Gasteiger partial charge in [0.2, 0.25) is 0 Å².